The van der Waals surface area contributed by atoms with E-state index in [2.05, 4.69) is 38.1 Å². The Morgan fingerprint density at radius 3 is 2.50 bits per heavy atom. The molecule has 1 N–H and O–H groups in total. The molecule has 0 aliphatic carbocycles. The minimum Gasteiger partial charge on any atom is -0.355 e. The van der Waals surface area contributed by atoms with Crippen LogP contribution in [0.25, 0.3) is 18.2 Å². The van der Waals surface area contributed by atoms with Crippen LogP contribution in [-0.2, 0) is 6.42 Å². The van der Waals surface area contributed by atoms with Crippen LogP contribution in [0.2, 0.25) is 0 Å². The Morgan fingerprint density at radius 2 is 2.07 bits per heavy atom. The fourth-order valence-corrected chi connectivity index (χ4v) is 1.73. The highest BCUT2D eigenvalue weighted by molar-refractivity contribution is 5.52. The smallest absolute Gasteiger partial charge is 0.0457 e. The molecule has 0 radical (unpaired) electrons. The van der Waals surface area contributed by atoms with Crippen molar-refractivity contribution >= 4 is 18.2 Å². The summed E-state index contributed by atoms with van der Waals surface area (Å²) >= 11 is 0. The van der Waals surface area contributed by atoms with Gasteiger partial charge in [0, 0.05) is 11.0 Å². The zero-order valence-corrected chi connectivity index (χ0v) is 8.93. The van der Waals surface area contributed by atoms with E-state index in [1.807, 2.05) is 12.2 Å². The van der Waals surface area contributed by atoms with Crippen LogP contribution in [0.15, 0.2) is 19.2 Å². The molecule has 0 saturated carbocycles. The monoisotopic (exact) mass is 187 g/mol. The lowest BCUT2D eigenvalue weighted by atomic mass is 10.1. The number of hydrogen-bond acceptors (Lipinski definition) is 0. The summed E-state index contributed by atoms with van der Waals surface area (Å²) in [7, 11) is 0. The van der Waals surface area contributed by atoms with E-state index in [9.17, 15) is 0 Å². The molecule has 0 amide bonds. The predicted octanol–water partition coefficient (Wildman–Crippen LogP) is 1.99. The molecule has 1 aromatic rings. The van der Waals surface area contributed by atoms with Crippen LogP contribution in [0.5, 0.6) is 0 Å². The molecule has 0 saturated heterocycles. The van der Waals surface area contributed by atoms with Crippen molar-refractivity contribution in [1.82, 2.24) is 4.98 Å². The highest BCUT2D eigenvalue weighted by atomic mass is 14.7. The normalized spacial score (nSPS) is 13.3. The lowest BCUT2D eigenvalue weighted by Crippen LogP contribution is -2.24. The first kappa shape index (κ1) is 10.6. The number of allylic oxidation sites excluding steroid dienone is 1. The van der Waals surface area contributed by atoms with Crippen LogP contribution in [0.3, 0.4) is 0 Å². The minimum atomic E-state index is 1.02. The molecule has 0 aromatic carbocycles. The maximum atomic E-state index is 3.80. The highest BCUT2D eigenvalue weighted by Gasteiger charge is 2.02. The fourth-order valence-electron chi connectivity index (χ4n) is 1.73. The summed E-state index contributed by atoms with van der Waals surface area (Å²) in [6.45, 7) is 11.7. The van der Waals surface area contributed by atoms with Crippen LogP contribution in [0, 0.1) is 0 Å². The number of aromatic amines is 1. The average Bonchev–Trinajstić information content (AvgIpc) is 2.55. The highest BCUT2D eigenvalue weighted by Crippen LogP contribution is 2.00. The van der Waals surface area contributed by atoms with Crippen LogP contribution in [0.1, 0.15) is 25.1 Å². The summed E-state index contributed by atoms with van der Waals surface area (Å²) in [5, 5.41) is 2.39. The first-order valence-corrected chi connectivity index (χ1v) is 4.90. The third-order valence-corrected chi connectivity index (χ3v) is 2.34. The summed E-state index contributed by atoms with van der Waals surface area (Å²) < 4.78 is 0. The van der Waals surface area contributed by atoms with Crippen molar-refractivity contribution in [3.8, 4) is 0 Å². The summed E-state index contributed by atoms with van der Waals surface area (Å²) in [6, 6.07) is 0. The number of H-pyrrole nitrogens is 1. The molecular weight excluding hydrogens is 170 g/mol. The maximum Gasteiger partial charge on any atom is 0.0457 e. The summed E-state index contributed by atoms with van der Waals surface area (Å²) in [6.07, 6.45) is 8.79. The zero-order chi connectivity index (χ0) is 10.6. The molecule has 1 heterocycles. The second-order valence-corrected chi connectivity index (χ2v) is 3.09. The lowest BCUT2D eigenvalue weighted by Gasteiger charge is -1.92. The van der Waals surface area contributed by atoms with Gasteiger partial charge < -0.3 is 4.98 Å². The second-order valence-electron chi connectivity index (χ2n) is 3.09. The van der Waals surface area contributed by atoms with Gasteiger partial charge in [0.2, 0.25) is 0 Å². The van der Waals surface area contributed by atoms with Crippen molar-refractivity contribution in [2.24, 2.45) is 0 Å². The SMILES string of the molecule is C=C/C=c1/[nH]c(C=C)c(CC)/c1=C/C. The second kappa shape index (κ2) is 4.66. The molecule has 0 atom stereocenters. The number of hydrogen-bond donors (Lipinski definition) is 1. The van der Waals surface area contributed by atoms with E-state index in [4.69, 9.17) is 0 Å². The Balaban J connectivity index is 3.64. The molecule has 14 heavy (non-hydrogen) atoms. The summed E-state index contributed by atoms with van der Waals surface area (Å²) in [5.41, 5.74) is 2.45. The number of rotatable bonds is 3. The van der Waals surface area contributed by atoms with Crippen molar-refractivity contribution in [2.45, 2.75) is 20.3 Å². The zero-order valence-electron chi connectivity index (χ0n) is 8.93. The van der Waals surface area contributed by atoms with Gasteiger partial charge in [0.25, 0.3) is 0 Å². The third-order valence-electron chi connectivity index (χ3n) is 2.34. The van der Waals surface area contributed by atoms with Gasteiger partial charge in [0.15, 0.2) is 0 Å². The van der Waals surface area contributed by atoms with E-state index in [1.54, 1.807) is 6.08 Å². The van der Waals surface area contributed by atoms with Gasteiger partial charge in [-0.15, -0.1) is 0 Å². The Hall–Kier alpha value is -1.50. The first-order chi connectivity index (χ1) is 6.78. The molecule has 0 aliphatic heterocycles. The molecule has 1 rings (SSSR count). The maximum absolute atomic E-state index is 3.80. The van der Waals surface area contributed by atoms with Gasteiger partial charge in [-0.05, 0) is 36.3 Å². The van der Waals surface area contributed by atoms with Crippen molar-refractivity contribution < 1.29 is 0 Å². The molecule has 0 aliphatic rings. The van der Waals surface area contributed by atoms with Crippen LogP contribution in [-0.4, -0.2) is 4.98 Å². The Labute approximate surface area is 85.2 Å². The van der Waals surface area contributed by atoms with Gasteiger partial charge in [-0.3, -0.25) is 0 Å². The van der Waals surface area contributed by atoms with E-state index in [1.165, 1.54) is 10.8 Å². The molecule has 74 valence electrons. The van der Waals surface area contributed by atoms with Gasteiger partial charge in [-0.25, -0.2) is 0 Å². The summed E-state index contributed by atoms with van der Waals surface area (Å²) in [4.78, 5) is 3.33. The molecule has 0 spiro atoms. The van der Waals surface area contributed by atoms with Crippen molar-refractivity contribution in [2.75, 3.05) is 0 Å². The molecule has 0 unspecified atom stereocenters. The van der Waals surface area contributed by atoms with Gasteiger partial charge in [-0.1, -0.05) is 32.2 Å². The average molecular weight is 187 g/mol. The lowest BCUT2D eigenvalue weighted by molar-refractivity contribution is 1.12. The van der Waals surface area contributed by atoms with Crippen LogP contribution >= 0.6 is 0 Å². The summed E-state index contributed by atoms with van der Waals surface area (Å²) in [5.74, 6) is 0. The standard InChI is InChI=1S/C13H17N/c1-5-9-13-11(7-3)10(6-2)12(8-4)14-13/h5,7-9,14H,1,4,6H2,2-3H3/b11-7-,13-9+. The Kier molecular flexibility index (Phi) is 3.52. The predicted molar refractivity (Wildman–Crippen MR) is 64.3 cm³/mol. The molecule has 0 bridgehead atoms. The van der Waals surface area contributed by atoms with Crippen LogP contribution < -0.4 is 10.6 Å². The molecule has 1 heteroatoms. The quantitative estimate of drug-likeness (QED) is 0.745. The number of nitrogens with one attached hydrogen (secondary N) is 1. The van der Waals surface area contributed by atoms with Gasteiger partial charge in [0.05, 0.1) is 0 Å². The van der Waals surface area contributed by atoms with Crippen molar-refractivity contribution in [3.63, 3.8) is 0 Å². The molecule has 1 aromatic heterocycles. The van der Waals surface area contributed by atoms with E-state index in [0.29, 0.717) is 0 Å². The molecule has 0 fully saturated rings. The fraction of sp³-hybridized carbons (Fsp3) is 0.231. The van der Waals surface area contributed by atoms with Crippen molar-refractivity contribution in [1.29, 1.82) is 0 Å². The third kappa shape index (κ3) is 1.72. The van der Waals surface area contributed by atoms with Gasteiger partial charge >= 0.3 is 0 Å². The van der Waals surface area contributed by atoms with E-state index in [0.717, 1.165) is 17.5 Å². The number of aromatic nitrogens is 1. The van der Waals surface area contributed by atoms with Crippen molar-refractivity contribution in [3.05, 3.63) is 41.1 Å². The van der Waals surface area contributed by atoms with Gasteiger partial charge in [0.1, 0.15) is 0 Å². The van der Waals surface area contributed by atoms with E-state index in [-0.39, 0.29) is 0 Å². The topological polar surface area (TPSA) is 15.8 Å². The minimum absolute atomic E-state index is 1.02. The Bertz CT molecular complexity index is 446. The largest absolute Gasteiger partial charge is 0.355 e. The molecule has 1 nitrogen and oxygen atoms in total. The Morgan fingerprint density at radius 1 is 1.36 bits per heavy atom. The van der Waals surface area contributed by atoms with E-state index >= 15 is 0 Å². The van der Waals surface area contributed by atoms with E-state index < -0.39 is 0 Å². The molecular formula is C13H17N. The first-order valence-electron chi connectivity index (χ1n) is 4.90. The van der Waals surface area contributed by atoms with Gasteiger partial charge in [-0.2, -0.15) is 0 Å². The van der Waals surface area contributed by atoms with Crippen LogP contribution in [0.4, 0.5) is 0 Å².